The zero-order chi connectivity index (χ0) is 9.68. The van der Waals surface area contributed by atoms with E-state index in [9.17, 15) is 4.79 Å². The summed E-state index contributed by atoms with van der Waals surface area (Å²) in [6.45, 7) is 3.09. The number of nitrogens with one attached hydrogen (secondary N) is 1. The minimum absolute atomic E-state index is 0.128. The van der Waals surface area contributed by atoms with Gasteiger partial charge in [-0.05, 0) is 25.9 Å². The first kappa shape index (κ1) is 10.5. The molecular weight excluding hydrogens is 166 g/mol. The molecule has 4 heteroatoms. The van der Waals surface area contributed by atoms with Crippen LogP contribution in [-0.2, 0) is 4.79 Å². The summed E-state index contributed by atoms with van der Waals surface area (Å²) >= 11 is 0. The Morgan fingerprint density at radius 1 is 1.69 bits per heavy atom. The van der Waals surface area contributed by atoms with Crippen molar-refractivity contribution in [3.8, 4) is 0 Å². The first-order chi connectivity index (χ1) is 6.22. The average Bonchev–Trinajstić information content (AvgIpc) is 2.51. The predicted molar refractivity (Wildman–Crippen MR) is 52.3 cm³/mol. The molecule has 1 aliphatic heterocycles. The monoisotopic (exact) mass is 185 g/mol. The summed E-state index contributed by atoms with van der Waals surface area (Å²) in [6, 6.07) is 0.347. The Morgan fingerprint density at radius 3 is 3.00 bits per heavy atom. The smallest absolute Gasteiger partial charge is 0.219 e. The van der Waals surface area contributed by atoms with Gasteiger partial charge < -0.3 is 16.0 Å². The molecule has 0 radical (unpaired) electrons. The Morgan fingerprint density at radius 2 is 2.46 bits per heavy atom. The quantitative estimate of drug-likeness (QED) is 0.623. The molecule has 0 spiro atoms. The number of carbonyl (C=O) groups excluding carboxylic acids is 1. The third kappa shape index (κ3) is 3.74. The maximum Gasteiger partial charge on any atom is 0.219 e. The molecule has 1 atom stereocenters. The molecule has 1 rings (SSSR count). The first-order valence-corrected chi connectivity index (χ1v) is 4.91. The van der Waals surface area contributed by atoms with Gasteiger partial charge in [0.1, 0.15) is 0 Å². The lowest BCUT2D eigenvalue weighted by Crippen LogP contribution is -2.28. The van der Waals surface area contributed by atoms with Crippen molar-refractivity contribution >= 4 is 5.91 Å². The molecule has 1 heterocycles. The molecule has 0 aromatic carbocycles. The van der Waals surface area contributed by atoms with Crippen LogP contribution in [0.3, 0.4) is 0 Å². The van der Waals surface area contributed by atoms with Gasteiger partial charge in [-0.2, -0.15) is 0 Å². The van der Waals surface area contributed by atoms with Crippen LogP contribution in [0.1, 0.15) is 19.3 Å². The van der Waals surface area contributed by atoms with Gasteiger partial charge in [0.15, 0.2) is 0 Å². The number of rotatable bonds is 4. The summed E-state index contributed by atoms with van der Waals surface area (Å²) in [6.07, 6.45) is 2.66. The average molecular weight is 185 g/mol. The summed E-state index contributed by atoms with van der Waals surface area (Å²) in [5, 5.41) is 2.62. The van der Waals surface area contributed by atoms with Crippen molar-refractivity contribution in [2.75, 3.05) is 26.7 Å². The van der Waals surface area contributed by atoms with Crippen molar-refractivity contribution in [1.82, 2.24) is 10.2 Å². The molecule has 0 aliphatic carbocycles. The van der Waals surface area contributed by atoms with Crippen molar-refractivity contribution in [1.29, 1.82) is 0 Å². The summed E-state index contributed by atoms with van der Waals surface area (Å²) in [4.78, 5) is 13.2. The lowest BCUT2D eigenvalue weighted by atomic mass is 10.3. The fourth-order valence-electron chi connectivity index (χ4n) is 1.65. The topological polar surface area (TPSA) is 58.4 Å². The molecule has 0 aromatic rings. The number of hydrogen-bond acceptors (Lipinski definition) is 3. The third-order valence-electron chi connectivity index (χ3n) is 2.47. The largest absolute Gasteiger partial charge is 0.359 e. The molecule has 1 saturated heterocycles. The van der Waals surface area contributed by atoms with Gasteiger partial charge in [0.05, 0.1) is 0 Å². The minimum atomic E-state index is 0.128. The predicted octanol–water partition coefficient (Wildman–Crippen LogP) is -0.454. The van der Waals surface area contributed by atoms with Crippen LogP contribution in [0.4, 0.5) is 0 Å². The van der Waals surface area contributed by atoms with E-state index < -0.39 is 0 Å². The lowest BCUT2D eigenvalue weighted by molar-refractivity contribution is -0.120. The molecule has 76 valence electrons. The molecule has 3 N–H and O–H groups in total. The number of amides is 1. The minimum Gasteiger partial charge on any atom is -0.359 e. The van der Waals surface area contributed by atoms with Gasteiger partial charge in [-0.3, -0.25) is 4.79 Å². The Kier molecular flexibility index (Phi) is 4.18. The van der Waals surface area contributed by atoms with E-state index in [2.05, 4.69) is 10.2 Å². The number of nitrogens with two attached hydrogens (primary N) is 1. The van der Waals surface area contributed by atoms with E-state index >= 15 is 0 Å². The van der Waals surface area contributed by atoms with Gasteiger partial charge in [-0.25, -0.2) is 0 Å². The fourth-order valence-corrected chi connectivity index (χ4v) is 1.65. The Balaban J connectivity index is 2.03. The SMILES string of the molecule is CNC(=O)CCCN1CC[C@H](N)C1. The molecule has 1 aliphatic rings. The maximum atomic E-state index is 10.9. The van der Waals surface area contributed by atoms with Gasteiger partial charge in [-0.15, -0.1) is 0 Å². The normalized spacial score (nSPS) is 23.4. The Labute approximate surface area is 79.5 Å². The summed E-state index contributed by atoms with van der Waals surface area (Å²) in [7, 11) is 1.67. The summed E-state index contributed by atoms with van der Waals surface area (Å²) in [5.41, 5.74) is 5.76. The van der Waals surface area contributed by atoms with E-state index in [4.69, 9.17) is 5.73 Å². The number of likely N-dealkylation sites (tertiary alicyclic amines) is 1. The highest BCUT2D eigenvalue weighted by molar-refractivity contribution is 5.75. The second-order valence-electron chi connectivity index (χ2n) is 3.63. The molecule has 0 aromatic heterocycles. The van der Waals surface area contributed by atoms with Crippen molar-refractivity contribution < 1.29 is 4.79 Å². The summed E-state index contributed by atoms with van der Waals surface area (Å²) in [5.74, 6) is 0.128. The molecule has 0 unspecified atom stereocenters. The zero-order valence-corrected chi connectivity index (χ0v) is 8.25. The highest BCUT2D eigenvalue weighted by atomic mass is 16.1. The fraction of sp³-hybridized carbons (Fsp3) is 0.889. The van der Waals surface area contributed by atoms with E-state index in [0.717, 1.165) is 32.5 Å². The summed E-state index contributed by atoms with van der Waals surface area (Å²) < 4.78 is 0. The second kappa shape index (κ2) is 5.19. The van der Waals surface area contributed by atoms with Gasteiger partial charge in [0.2, 0.25) is 5.91 Å². The number of carbonyl (C=O) groups is 1. The van der Waals surface area contributed by atoms with E-state index in [1.165, 1.54) is 0 Å². The lowest BCUT2D eigenvalue weighted by Gasteiger charge is -2.13. The first-order valence-electron chi connectivity index (χ1n) is 4.91. The van der Waals surface area contributed by atoms with Gasteiger partial charge in [0, 0.05) is 26.1 Å². The van der Waals surface area contributed by atoms with Crippen LogP contribution in [0.25, 0.3) is 0 Å². The van der Waals surface area contributed by atoms with E-state index in [-0.39, 0.29) is 5.91 Å². The number of hydrogen-bond donors (Lipinski definition) is 2. The maximum absolute atomic E-state index is 10.9. The van der Waals surface area contributed by atoms with Gasteiger partial charge in [0.25, 0.3) is 0 Å². The Bertz CT molecular complexity index is 172. The highest BCUT2D eigenvalue weighted by Gasteiger charge is 2.18. The van der Waals surface area contributed by atoms with Crippen molar-refractivity contribution in [3.05, 3.63) is 0 Å². The van der Waals surface area contributed by atoms with Gasteiger partial charge in [-0.1, -0.05) is 0 Å². The molecule has 13 heavy (non-hydrogen) atoms. The van der Waals surface area contributed by atoms with Crippen LogP contribution >= 0.6 is 0 Å². The van der Waals surface area contributed by atoms with Crippen molar-refractivity contribution in [2.45, 2.75) is 25.3 Å². The molecule has 0 bridgehead atoms. The third-order valence-corrected chi connectivity index (χ3v) is 2.47. The van der Waals surface area contributed by atoms with Crippen LogP contribution < -0.4 is 11.1 Å². The van der Waals surface area contributed by atoms with Crippen LogP contribution in [0.5, 0.6) is 0 Å². The Hall–Kier alpha value is -0.610. The van der Waals surface area contributed by atoms with E-state index in [1.807, 2.05) is 0 Å². The number of nitrogens with zero attached hydrogens (tertiary/aromatic N) is 1. The van der Waals surface area contributed by atoms with Crippen LogP contribution in [-0.4, -0.2) is 43.5 Å². The molecule has 1 amide bonds. The van der Waals surface area contributed by atoms with Crippen molar-refractivity contribution in [2.24, 2.45) is 5.73 Å². The standard InChI is InChI=1S/C9H19N3O/c1-11-9(13)3-2-5-12-6-4-8(10)7-12/h8H,2-7,10H2,1H3,(H,11,13)/t8-/m0/s1. The van der Waals surface area contributed by atoms with E-state index in [0.29, 0.717) is 12.5 Å². The van der Waals surface area contributed by atoms with E-state index in [1.54, 1.807) is 7.05 Å². The van der Waals surface area contributed by atoms with Gasteiger partial charge >= 0.3 is 0 Å². The van der Waals surface area contributed by atoms with Crippen LogP contribution in [0, 0.1) is 0 Å². The molecular formula is C9H19N3O. The molecule has 1 fully saturated rings. The van der Waals surface area contributed by atoms with Crippen molar-refractivity contribution in [3.63, 3.8) is 0 Å². The van der Waals surface area contributed by atoms with Crippen LogP contribution in [0.2, 0.25) is 0 Å². The van der Waals surface area contributed by atoms with Crippen LogP contribution in [0.15, 0.2) is 0 Å². The molecule has 4 nitrogen and oxygen atoms in total. The zero-order valence-electron chi connectivity index (χ0n) is 8.25. The molecule has 0 saturated carbocycles. The second-order valence-corrected chi connectivity index (χ2v) is 3.63. The highest BCUT2D eigenvalue weighted by Crippen LogP contribution is 2.07.